The van der Waals surface area contributed by atoms with E-state index >= 15 is 0 Å². The number of benzene rings is 2. The zero-order valence-electron chi connectivity index (χ0n) is 23.1. The van der Waals surface area contributed by atoms with Crippen LogP contribution in [-0.4, -0.2) is 45.2 Å². The van der Waals surface area contributed by atoms with Crippen molar-refractivity contribution in [2.75, 3.05) is 19.6 Å². The second kappa shape index (κ2) is 10.3. The minimum Gasteiger partial charge on any atom is -0.481 e. The summed E-state index contributed by atoms with van der Waals surface area (Å²) in [5.41, 5.74) is 4.36. The fraction of sp³-hybridized carbons (Fsp3) is 0.545. The van der Waals surface area contributed by atoms with E-state index in [1.54, 1.807) is 6.07 Å². The van der Waals surface area contributed by atoms with Crippen LogP contribution in [0, 0.1) is 11.8 Å². The van der Waals surface area contributed by atoms with E-state index in [9.17, 15) is 14.7 Å². The third-order valence-electron chi connectivity index (χ3n) is 10.6. The molecule has 0 bridgehead atoms. The number of carboxylic acid groups (broad SMARTS) is 1. The second-order valence-corrected chi connectivity index (χ2v) is 13.2. The molecule has 1 aromatic heterocycles. The van der Waals surface area contributed by atoms with Gasteiger partial charge in [-0.1, -0.05) is 49.1 Å². The van der Waals surface area contributed by atoms with Crippen LogP contribution < -0.4 is 5.56 Å². The summed E-state index contributed by atoms with van der Waals surface area (Å²) in [6, 6.07) is 12.8. The lowest BCUT2D eigenvalue weighted by Gasteiger charge is -2.36. The van der Waals surface area contributed by atoms with Crippen molar-refractivity contribution in [3.8, 4) is 5.69 Å². The first-order valence-electron chi connectivity index (χ1n) is 15.3. The highest BCUT2D eigenvalue weighted by molar-refractivity contribution is 6.35. The van der Waals surface area contributed by atoms with Gasteiger partial charge in [0.05, 0.1) is 32.9 Å². The lowest BCUT2D eigenvalue weighted by atomic mass is 9.69. The molecule has 7 heteroatoms. The van der Waals surface area contributed by atoms with Crippen LogP contribution in [0.25, 0.3) is 16.6 Å². The lowest BCUT2D eigenvalue weighted by Crippen LogP contribution is -2.38. The van der Waals surface area contributed by atoms with Crippen LogP contribution in [0.4, 0.5) is 0 Å². The number of fused-ring (bicyclic) bond motifs is 7. The summed E-state index contributed by atoms with van der Waals surface area (Å²) in [5.74, 6) is 1.29. The average Bonchev–Trinajstić information content (AvgIpc) is 3.22. The molecule has 3 aromatic rings. The van der Waals surface area contributed by atoms with Gasteiger partial charge in [0, 0.05) is 6.54 Å². The fourth-order valence-electron chi connectivity index (χ4n) is 8.36. The molecule has 1 spiro atoms. The Hall–Kier alpha value is -2.70. The van der Waals surface area contributed by atoms with E-state index in [0.29, 0.717) is 22.2 Å². The maximum Gasteiger partial charge on any atom is 0.306 e. The van der Waals surface area contributed by atoms with E-state index in [1.807, 2.05) is 12.1 Å². The van der Waals surface area contributed by atoms with Crippen molar-refractivity contribution in [1.29, 1.82) is 0 Å². The summed E-state index contributed by atoms with van der Waals surface area (Å²) in [4.78, 5) is 31.9. The number of carbonyl (C=O) groups is 1. The van der Waals surface area contributed by atoms with E-state index in [0.717, 1.165) is 95.2 Å². The van der Waals surface area contributed by atoms with Crippen molar-refractivity contribution in [3.63, 3.8) is 0 Å². The highest BCUT2D eigenvalue weighted by Crippen LogP contribution is 2.52. The van der Waals surface area contributed by atoms with Gasteiger partial charge in [0.15, 0.2) is 0 Å². The quantitative estimate of drug-likeness (QED) is 0.386. The number of aromatic nitrogens is 2. The molecule has 3 heterocycles. The number of carboxylic acids is 1. The Bertz CT molecular complexity index is 1510. The molecule has 2 aliphatic heterocycles. The van der Waals surface area contributed by atoms with Crippen molar-refractivity contribution in [2.24, 2.45) is 11.8 Å². The van der Waals surface area contributed by atoms with Crippen LogP contribution in [0.2, 0.25) is 5.02 Å². The highest BCUT2D eigenvalue weighted by atomic mass is 35.5. The van der Waals surface area contributed by atoms with Gasteiger partial charge < -0.3 is 10.0 Å². The Morgan fingerprint density at radius 3 is 2.48 bits per heavy atom. The molecule has 0 radical (unpaired) electrons. The van der Waals surface area contributed by atoms with Crippen molar-refractivity contribution in [1.82, 2.24) is 14.5 Å². The van der Waals surface area contributed by atoms with E-state index in [-0.39, 0.29) is 16.9 Å². The number of likely N-dealkylation sites (tertiary alicyclic amines) is 1. The third-order valence-corrected chi connectivity index (χ3v) is 10.9. The van der Waals surface area contributed by atoms with Gasteiger partial charge in [-0.15, -0.1) is 0 Å². The fourth-order valence-corrected chi connectivity index (χ4v) is 8.61. The first-order chi connectivity index (χ1) is 19.4. The molecule has 1 N–H and O–H groups in total. The number of hydrogen-bond donors (Lipinski definition) is 1. The van der Waals surface area contributed by atoms with Crippen LogP contribution >= 0.6 is 11.6 Å². The van der Waals surface area contributed by atoms with E-state index in [1.165, 1.54) is 23.2 Å². The van der Waals surface area contributed by atoms with Crippen LogP contribution in [0.1, 0.15) is 93.5 Å². The van der Waals surface area contributed by atoms with E-state index in [2.05, 4.69) is 27.7 Å². The third kappa shape index (κ3) is 4.30. The maximum atomic E-state index is 13.2. The zero-order chi connectivity index (χ0) is 27.4. The number of rotatable bonds is 4. The average molecular weight is 560 g/mol. The second-order valence-electron chi connectivity index (χ2n) is 12.8. The summed E-state index contributed by atoms with van der Waals surface area (Å²) in [6.07, 6.45) is 11.6. The van der Waals surface area contributed by atoms with Gasteiger partial charge in [-0.3, -0.25) is 14.2 Å². The molecule has 2 aromatic carbocycles. The number of halogens is 1. The number of aliphatic carboxylic acids is 1. The molecular formula is C33H38ClN3O3. The lowest BCUT2D eigenvalue weighted by molar-refractivity contribution is -0.143. The molecule has 4 aliphatic rings. The smallest absolute Gasteiger partial charge is 0.306 e. The molecule has 3 fully saturated rings. The summed E-state index contributed by atoms with van der Waals surface area (Å²) >= 11 is 6.54. The highest BCUT2D eigenvalue weighted by Gasteiger charge is 2.46. The molecule has 6 nitrogen and oxygen atoms in total. The molecule has 1 saturated heterocycles. The Balaban J connectivity index is 1.16. The molecule has 0 atom stereocenters. The minimum atomic E-state index is -0.621. The Morgan fingerprint density at radius 2 is 1.75 bits per heavy atom. The molecule has 2 saturated carbocycles. The van der Waals surface area contributed by atoms with Crippen molar-refractivity contribution < 1.29 is 9.90 Å². The number of piperidine rings is 1. The monoisotopic (exact) mass is 559 g/mol. The molecule has 210 valence electrons. The molecule has 2 aliphatic carbocycles. The van der Waals surface area contributed by atoms with Gasteiger partial charge >= 0.3 is 5.97 Å². The van der Waals surface area contributed by atoms with E-state index in [4.69, 9.17) is 16.6 Å². The van der Waals surface area contributed by atoms with Crippen molar-refractivity contribution >= 4 is 28.5 Å². The van der Waals surface area contributed by atoms with Crippen molar-refractivity contribution in [3.05, 3.63) is 68.7 Å². The Kier molecular flexibility index (Phi) is 6.74. The zero-order valence-corrected chi connectivity index (χ0v) is 23.8. The molecule has 0 unspecified atom stereocenters. The SMILES string of the molecule is O=C(O)C1CCC(CN2CCC(c3ccc4c(c3)-n3c(nc(=O)c5c(Cl)cccc53)C43CCCCC3)CC2)CC1. The number of hydrogen-bond acceptors (Lipinski definition) is 4. The summed E-state index contributed by atoms with van der Waals surface area (Å²) in [7, 11) is 0. The van der Waals surface area contributed by atoms with Gasteiger partial charge in [-0.05, 0) is 106 Å². The first kappa shape index (κ1) is 26.2. The van der Waals surface area contributed by atoms with Gasteiger partial charge in [-0.25, -0.2) is 0 Å². The van der Waals surface area contributed by atoms with Crippen LogP contribution in [-0.2, 0) is 10.2 Å². The predicted molar refractivity (Wildman–Crippen MR) is 158 cm³/mol. The van der Waals surface area contributed by atoms with Crippen LogP contribution in [0.15, 0.2) is 41.2 Å². The van der Waals surface area contributed by atoms with Gasteiger partial charge in [0.2, 0.25) is 0 Å². The minimum absolute atomic E-state index is 0.138. The largest absolute Gasteiger partial charge is 0.481 e. The summed E-state index contributed by atoms with van der Waals surface area (Å²) in [6.45, 7) is 3.28. The first-order valence-corrected chi connectivity index (χ1v) is 15.6. The standard InChI is InChI=1S/C33H38ClN3O3/c34-26-5-4-6-27-29(26)30(38)35-32-33(15-2-1-3-16-33)25-12-11-24(19-28(25)37(27)32)22-13-17-36(18-14-22)20-21-7-9-23(10-8-21)31(39)40/h4-6,11-12,19,21-23H,1-3,7-10,13-18,20H2,(H,39,40). The van der Waals surface area contributed by atoms with Crippen LogP contribution in [0.3, 0.4) is 0 Å². The Morgan fingerprint density at radius 1 is 1.00 bits per heavy atom. The molecule has 0 amide bonds. The number of nitrogens with zero attached hydrogens (tertiary/aromatic N) is 3. The normalized spacial score (nSPS) is 24.7. The van der Waals surface area contributed by atoms with Crippen molar-refractivity contribution in [2.45, 2.75) is 82.0 Å². The molecular weight excluding hydrogens is 522 g/mol. The molecule has 7 rings (SSSR count). The van der Waals surface area contributed by atoms with Gasteiger partial charge in [0.25, 0.3) is 5.56 Å². The van der Waals surface area contributed by atoms with Gasteiger partial charge in [0.1, 0.15) is 5.82 Å². The summed E-state index contributed by atoms with van der Waals surface area (Å²) < 4.78 is 2.26. The predicted octanol–water partition coefficient (Wildman–Crippen LogP) is 6.67. The van der Waals surface area contributed by atoms with E-state index < -0.39 is 5.97 Å². The van der Waals surface area contributed by atoms with Gasteiger partial charge in [-0.2, -0.15) is 4.98 Å². The topological polar surface area (TPSA) is 75.4 Å². The maximum absolute atomic E-state index is 13.2. The summed E-state index contributed by atoms with van der Waals surface area (Å²) in [5, 5.41) is 10.3. The van der Waals surface area contributed by atoms with Crippen LogP contribution in [0.5, 0.6) is 0 Å². The Labute approximate surface area is 240 Å². The molecule has 40 heavy (non-hydrogen) atoms.